The van der Waals surface area contributed by atoms with Crippen LogP contribution in [0.15, 0.2) is 28.7 Å². The molecule has 3 nitrogen and oxygen atoms in total. The molecule has 0 aliphatic heterocycles. The molecule has 3 N–H and O–H groups in total. The molecular weight excluding hydrogens is 312 g/mol. The average Bonchev–Trinajstić information content (AvgIpc) is 2.31. The minimum absolute atomic E-state index is 0.0746. The molecule has 1 unspecified atom stereocenters. The van der Waals surface area contributed by atoms with Gasteiger partial charge in [0.25, 0.3) is 0 Å². The number of amides is 1. The first-order chi connectivity index (χ1) is 8.37. The average molecular weight is 329 g/mol. The zero-order chi connectivity index (χ0) is 13.8. The summed E-state index contributed by atoms with van der Waals surface area (Å²) in [6.07, 6.45) is 1.000. The Labute approximate surface area is 121 Å². The molecule has 1 aromatic carbocycles. The fourth-order valence-electron chi connectivity index (χ4n) is 1.46. The van der Waals surface area contributed by atoms with Crippen LogP contribution in [-0.4, -0.2) is 16.4 Å². The van der Waals surface area contributed by atoms with Crippen LogP contribution in [0.2, 0.25) is 0 Å². The molecule has 0 saturated heterocycles. The van der Waals surface area contributed by atoms with Crippen LogP contribution >= 0.6 is 28.1 Å². The third-order valence-corrected chi connectivity index (χ3v) is 3.92. The molecule has 98 valence electrons. The Kier molecular flexibility index (Phi) is 5.28. The highest BCUT2D eigenvalue weighted by molar-refractivity contribution is 9.10. The van der Waals surface area contributed by atoms with E-state index in [-0.39, 0.29) is 5.91 Å². The SMILES string of the molecule is CCC(C)(NC(=O)Cc1ccc(Br)cc1)C(N)=S. The zero-order valence-corrected chi connectivity index (χ0v) is 12.9. The summed E-state index contributed by atoms with van der Waals surface area (Å²) in [6, 6.07) is 7.64. The molecular formula is C13H17BrN2OS. The van der Waals surface area contributed by atoms with Crippen molar-refractivity contribution < 1.29 is 4.79 Å². The van der Waals surface area contributed by atoms with Gasteiger partial charge in [-0.25, -0.2) is 0 Å². The second-order valence-corrected chi connectivity index (χ2v) is 5.76. The molecule has 0 spiro atoms. The van der Waals surface area contributed by atoms with Gasteiger partial charge in [0.2, 0.25) is 5.91 Å². The predicted octanol–water partition coefficient (Wildman–Crippen LogP) is 2.56. The van der Waals surface area contributed by atoms with Gasteiger partial charge in [-0.2, -0.15) is 0 Å². The summed E-state index contributed by atoms with van der Waals surface area (Å²) in [5, 5.41) is 2.89. The lowest BCUT2D eigenvalue weighted by Crippen LogP contribution is -2.54. The molecule has 5 heteroatoms. The van der Waals surface area contributed by atoms with E-state index in [0.29, 0.717) is 17.8 Å². The monoisotopic (exact) mass is 328 g/mol. The number of rotatable bonds is 5. The van der Waals surface area contributed by atoms with Crippen molar-refractivity contribution in [3.63, 3.8) is 0 Å². The number of hydrogen-bond acceptors (Lipinski definition) is 2. The molecule has 0 aliphatic carbocycles. The molecule has 0 aromatic heterocycles. The maximum Gasteiger partial charge on any atom is 0.225 e. The lowest BCUT2D eigenvalue weighted by molar-refractivity contribution is -0.121. The first kappa shape index (κ1) is 15.1. The maximum absolute atomic E-state index is 11.9. The molecule has 0 aliphatic rings. The Balaban J connectivity index is 2.66. The van der Waals surface area contributed by atoms with Gasteiger partial charge in [-0.05, 0) is 31.0 Å². The van der Waals surface area contributed by atoms with Crippen LogP contribution in [0.25, 0.3) is 0 Å². The van der Waals surface area contributed by atoms with E-state index < -0.39 is 5.54 Å². The number of nitrogens with one attached hydrogen (secondary N) is 1. The maximum atomic E-state index is 11.9. The first-order valence-corrected chi connectivity index (χ1v) is 6.93. The summed E-state index contributed by atoms with van der Waals surface area (Å²) in [5.41, 5.74) is 6.00. The van der Waals surface area contributed by atoms with Crippen LogP contribution in [0.3, 0.4) is 0 Å². The highest BCUT2D eigenvalue weighted by Crippen LogP contribution is 2.13. The van der Waals surface area contributed by atoms with E-state index in [1.807, 2.05) is 38.1 Å². The first-order valence-electron chi connectivity index (χ1n) is 5.73. The quantitative estimate of drug-likeness (QED) is 0.817. The lowest BCUT2D eigenvalue weighted by Gasteiger charge is -2.28. The van der Waals surface area contributed by atoms with Crippen molar-refractivity contribution in [2.45, 2.75) is 32.2 Å². The third-order valence-electron chi connectivity index (χ3n) is 2.94. The van der Waals surface area contributed by atoms with E-state index in [0.717, 1.165) is 10.0 Å². The Morgan fingerprint density at radius 1 is 1.44 bits per heavy atom. The minimum Gasteiger partial charge on any atom is -0.391 e. The normalized spacial score (nSPS) is 13.7. The van der Waals surface area contributed by atoms with Gasteiger partial charge < -0.3 is 11.1 Å². The highest BCUT2D eigenvalue weighted by atomic mass is 79.9. The van der Waals surface area contributed by atoms with E-state index in [4.69, 9.17) is 18.0 Å². The second kappa shape index (κ2) is 6.29. The smallest absolute Gasteiger partial charge is 0.225 e. The molecule has 1 aromatic rings. The van der Waals surface area contributed by atoms with Gasteiger partial charge >= 0.3 is 0 Å². The molecule has 0 heterocycles. The van der Waals surface area contributed by atoms with E-state index in [1.165, 1.54) is 0 Å². The molecule has 1 amide bonds. The number of halogens is 1. The standard InChI is InChI=1S/C13H17BrN2OS/c1-3-13(2,12(15)18)16-11(17)8-9-4-6-10(14)7-5-9/h4-7H,3,8H2,1-2H3,(H2,15,18)(H,16,17). The summed E-state index contributed by atoms with van der Waals surface area (Å²) < 4.78 is 0.994. The number of nitrogens with two attached hydrogens (primary N) is 1. The largest absolute Gasteiger partial charge is 0.391 e. The van der Waals surface area contributed by atoms with Crippen molar-refractivity contribution in [2.75, 3.05) is 0 Å². The van der Waals surface area contributed by atoms with Crippen molar-refractivity contribution in [3.8, 4) is 0 Å². The Morgan fingerprint density at radius 3 is 2.44 bits per heavy atom. The van der Waals surface area contributed by atoms with Gasteiger partial charge in [-0.3, -0.25) is 4.79 Å². The number of benzene rings is 1. The molecule has 1 atom stereocenters. The fraction of sp³-hybridized carbons (Fsp3) is 0.385. The zero-order valence-electron chi connectivity index (χ0n) is 10.5. The summed E-state index contributed by atoms with van der Waals surface area (Å²) in [7, 11) is 0. The van der Waals surface area contributed by atoms with Gasteiger partial charge in [0.1, 0.15) is 0 Å². The third kappa shape index (κ3) is 4.07. The molecule has 0 radical (unpaired) electrons. The van der Waals surface area contributed by atoms with Gasteiger partial charge in [-0.1, -0.05) is 47.2 Å². The molecule has 0 saturated carbocycles. The van der Waals surface area contributed by atoms with E-state index in [9.17, 15) is 4.79 Å². The van der Waals surface area contributed by atoms with Crippen molar-refractivity contribution in [1.82, 2.24) is 5.32 Å². The Bertz CT molecular complexity index is 447. The van der Waals surface area contributed by atoms with Crippen molar-refractivity contribution in [1.29, 1.82) is 0 Å². The summed E-state index contributed by atoms with van der Waals surface area (Å²) >= 11 is 8.34. The Hall–Kier alpha value is -0.940. The lowest BCUT2D eigenvalue weighted by atomic mass is 9.98. The van der Waals surface area contributed by atoms with Crippen LogP contribution in [0, 0.1) is 0 Å². The van der Waals surface area contributed by atoms with E-state index in [2.05, 4.69) is 21.2 Å². The second-order valence-electron chi connectivity index (χ2n) is 4.40. The van der Waals surface area contributed by atoms with Crippen LogP contribution < -0.4 is 11.1 Å². The minimum atomic E-state index is -0.609. The number of carbonyl (C=O) groups excluding carboxylic acids is 1. The predicted molar refractivity (Wildman–Crippen MR) is 81.5 cm³/mol. The highest BCUT2D eigenvalue weighted by Gasteiger charge is 2.27. The fourth-order valence-corrected chi connectivity index (χ4v) is 1.92. The van der Waals surface area contributed by atoms with Crippen molar-refractivity contribution >= 4 is 39.0 Å². The number of hydrogen-bond donors (Lipinski definition) is 2. The van der Waals surface area contributed by atoms with Gasteiger partial charge in [-0.15, -0.1) is 0 Å². The molecule has 18 heavy (non-hydrogen) atoms. The van der Waals surface area contributed by atoms with Crippen LogP contribution in [0.1, 0.15) is 25.8 Å². The topological polar surface area (TPSA) is 55.1 Å². The van der Waals surface area contributed by atoms with Crippen LogP contribution in [0.5, 0.6) is 0 Å². The summed E-state index contributed by atoms with van der Waals surface area (Å²) in [5.74, 6) is -0.0746. The summed E-state index contributed by atoms with van der Waals surface area (Å²) in [4.78, 5) is 12.3. The molecule has 0 bridgehead atoms. The van der Waals surface area contributed by atoms with E-state index >= 15 is 0 Å². The van der Waals surface area contributed by atoms with E-state index in [1.54, 1.807) is 0 Å². The van der Waals surface area contributed by atoms with Gasteiger partial charge in [0.05, 0.1) is 16.9 Å². The van der Waals surface area contributed by atoms with Crippen molar-refractivity contribution in [2.24, 2.45) is 5.73 Å². The van der Waals surface area contributed by atoms with Crippen LogP contribution in [0.4, 0.5) is 0 Å². The van der Waals surface area contributed by atoms with Gasteiger partial charge in [0.15, 0.2) is 0 Å². The molecule has 0 fully saturated rings. The Morgan fingerprint density at radius 2 is 2.00 bits per heavy atom. The van der Waals surface area contributed by atoms with Crippen molar-refractivity contribution in [3.05, 3.63) is 34.3 Å². The van der Waals surface area contributed by atoms with Gasteiger partial charge in [0, 0.05) is 4.47 Å². The molecule has 1 rings (SSSR count). The number of carbonyl (C=O) groups is 1. The summed E-state index contributed by atoms with van der Waals surface area (Å²) in [6.45, 7) is 3.79. The number of thiocarbonyl (C=S) groups is 1. The van der Waals surface area contributed by atoms with Crippen LogP contribution in [-0.2, 0) is 11.2 Å².